The second-order valence-corrected chi connectivity index (χ2v) is 6.07. The minimum absolute atomic E-state index is 0.771. The molecule has 0 bridgehead atoms. The van der Waals surface area contributed by atoms with E-state index < -0.39 is 0 Å². The second-order valence-electron chi connectivity index (χ2n) is 6.07. The molecule has 1 N–H and O–H groups in total. The van der Waals surface area contributed by atoms with Gasteiger partial charge in [-0.05, 0) is 31.1 Å². The molecule has 0 spiro atoms. The predicted octanol–water partition coefficient (Wildman–Crippen LogP) is 2.83. The fraction of sp³-hybridized carbons (Fsp3) is 0.800. The Morgan fingerprint density at radius 3 is 2.83 bits per heavy atom. The Morgan fingerprint density at radius 1 is 1.11 bits per heavy atom. The molecule has 3 nitrogen and oxygen atoms in total. The van der Waals surface area contributed by atoms with E-state index in [1.165, 1.54) is 44.9 Å². The van der Waals surface area contributed by atoms with Crippen LogP contribution >= 0.6 is 0 Å². The van der Waals surface area contributed by atoms with Gasteiger partial charge in [-0.3, -0.25) is 0 Å². The van der Waals surface area contributed by atoms with Crippen molar-refractivity contribution in [3.63, 3.8) is 0 Å². The Kier molecular flexibility index (Phi) is 3.99. The van der Waals surface area contributed by atoms with Gasteiger partial charge in [0.2, 0.25) is 0 Å². The smallest absolute Gasteiger partial charge is 0.0946 e. The normalized spacial score (nSPS) is 32.1. The van der Waals surface area contributed by atoms with Crippen molar-refractivity contribution >= 4 is 0 Å². The van der Waals surface area contributed by atoms with Crippen LogP contribution < -0.4 is 5.32 Å². The van der Waals surface area contributed by atoms with Gasteiger partial charge in [0, 0.05) is 31.5 Å². The van der Waals surface area contributed by atoms with Gasteiger partial charge >= 0.3 is 0 Å². The van der Waals surface area contributed by atoms with Gasteiger partial charge in [-0.2, -0.15) is 0 Å². The molecule has 0 radical (unpaired) electrons. The monoisotopic (exact) mass is 247 g/mol. The quantitative estimate of drug-likeness (QED) is 0.886. The molecule has 0 saturated heterocycles. The van der Waals surface area contributed by atoms with E-state index in [2.05, 4.69) is 14.9 Å². The van der Waals surface area contributed by atoms with E-state index in [1.54, 1.807) is 0 Å². The van der Waals surface area contributed by atoms with E-state index in [0.717, 1.165) is 31.0 Å². The van der Waals surface area contributed by atoms with Gasteiger partial charge in [0.05, 0.1) is 6.33 Å². The lowest BCUT2D eigenvalue weighted by molar-refractivity contribution is 0.143. The van der Waals surface area contributed by atoms with Crippen LogP contribution in [0.4, 0.5) is 0 Å². The highest BCUT2D eigenvalue weighted by Crippen LogP contribution is 2.40. The topological polar surface area (TPSA) is 29.9 Å². The van der Waals surface area contributed by atoms with Crippen molar-refractivity contribution in [1.82, 2.24) is 14.9 Å². The van der Waals surface area contributed by atoms with Crippen molar-refractivity contribution in [1.29, 1.82) is 0 Å². The number of rotatable bonds is 4. The van der Waals surface area contributed by atoms with E-state index >= 15 is 0 Å². The Labute approximate surface area is 110 Å². The highest BCUT2D eigenvalue weighted by Gasteiger charge is 2.31. The minimum Gasteiger partial charge on any atom is -0.336 e. The summed E-state index contributed by atoms with van der Waals surface area (Å²) in [6.07, 6.45) is 16.0. The molecular weight excluding hydrogens is 222 g/mol. The predicted molar refractivity (Wildman–Crippen MR) is 73.3 cm³/mol. The number of aromatic nitrogens is 2. The first-order chi connectivity index (χ1) is 8.92. The highest BCUT2D eigenvalue weighted by molar-refractivity contribution is 4.86. The summed E-state index contributed by atoms with van der Waals surface area (Å²) in [4.78, 5) is 4.08. The van der Waals surface area contributed by atoms with Crippen LogP contribution in [0.1, 0.15) is 44.9 Å². The number of nitrogens with one attached hydrogen (secondary N) is 1. The summed E-state index contributed by atoms with van der Waals surface area (Å²) in [5.74, 6) is 2.09. The summed E-state index contributed by atoms with van der Waals surface area (Å²) in [5.41, 5.74) is 0. The molecule has 3 heteroatoms. The summed E-state index contributed by atoms with van der Waals surface area (Å²) in [5, 5.41) is 3.74. The molecule has 3 atom stereocenters. The summed E-state index contributed by atoms with van der Waals surface area (Å²) in [6.45, 7) is 2.13. The van der Waals surface area contributed by atoms with Crippen LogP contribution in [0.2, 0.25) is 0 Å². The third kappa shape index (κ3) is 2.94. The maximum absolute atomic E-state index is 4.08. The zero-order chi connectivity index (χ0) is 12.2. The fourth-order valence-electron chi connectivity index (χ4n) is 3.88. The van der Waals surface area contributed by atoms with E-state index in [1.807, 2.05) is 18.7 Å². The average molecular weight is 247 g/mol. The first kappa shape index (κ1) is 12.2. The minimum atomic E-state index is 0.771. The van der Waals surface area contributed by atoms with Crippen molar-refractivity contribution in [2.24, 2.45) is 11.8 Å². The molecule has 2 aliphatic carbocycles. The summed E-state index contributed by atoms with van der Waals surface area (Å²) >= 11 is 0. The third-order valence-electron chi connectivity index (χ3n) is 4.90. The molecule has 1 aromatic heterocycles. The Hall–Kier alpha value is -0.830. The van der Waals surface area contributed by atoms with E-state index in [9.17, 15) is 0 Å². The SMILES string of the molecule is c1cn(CCNC2CCC3CCCCC3C2)cn1. The van der Waals surface area contributed by atoms with Crippen LogP contribution in [-0.2, 0) is 6.54 Å². The summed E-state index contributed by atoms with van der Waals surface area (Å²) in [6, 6.07) is 0.771. The third-order valence-corrected chi connectivity index (χ3v) is 4.90. The van der Waals surface area contributed by atoms with E-state index in [4.69, 9.17) is 0 Å². The molecule has 3 unspecified atom stereocenters. The van der Waals surface area contributed by atoms with E-state index in [-0.39, 0.29) is 0 Å². The molecule has 0 amide bonds. The van der Waals surface area contributed by atoms with Gasteiger partial charge in [0.25, 0.3) is 0 Å². The summed E-state index contributed by atoms with van der Waals surface area (Å²) < 4.78 is 2.15. The number of fused-ring (bicyclic) bond motifs is 1. The lowest BCUT2D eigenvalue weighted by Gasteiger charge is -2.39. The number of nitrogens with zero attached hydrogens (tertiary/aromatic N) is 2. The standard InChI is InChI=1S/C15H25N3/c1-2-4-14-11-15(6-5-13(14)3-1)17-8-10-18-9-7-16-12-18/h7,9,12-15,17H,1-6,8,10-11H2. The van der Waals surface area contributed by atoms with Gasteiger partial charge in [-0.15, -0.1) is 0 Å². The van der Waals surface area contributed by atoms with Crippen LogP contribution in [0, 0.1) is 11.8 Å². The van der Waals surface area contributed by atoms with Crippen LogP contribution in [0.15, 0.2) is 18.7 Å². The van der Waals surface area contributed by atoms with Crippen molar-refractivity contribution in [2.45, 2.75) is 57.5 Å². The Morgan fingerprint density at radius 2 is 2.00 bits per heavy atom. The first-order valence-corrected chi connectivity index (χ1v) is 7.61. The lowest BCUT2D eigenvalue weighted by Crippen LogP contribution is -2.39. The molecule has 3 rings (SSSR count). The van der Waals surface area contributed by atoms with Gasteiger partial charge < -0.3 is 9.88 Å². The molecule has 0 aliphatic heterocycles. The number of imidazole rings is 1. The highest BCUT2D eigenvalue weighted by atomic mass is 15.0. The zero-order valence-corrected chi connectivity index (χ0v) is 11.2. The molecular formula is C15H25N3. The maximum atomic E-state index is 4.08. The van der Waals surface area contributed by atoms with Gasteiger partial charge in [-0.1, -0.05) is 25.7 Å². The average Bonchev–Trinajstić information content (AvgIpc) is 2.92. The van der Waals surface area contributed by atoms with E-state index in [0.29, 0.717) is 0 Å². The Balaban J connectivity index is 1.41. The number of hydrogen-bond acceptors (Lipinski definition) is 2. The first-order valence-electron chi connectivity index (χ1n) is 7.61. The van der Waals surface area contributed by atoms with Crippen LogP contribution in [0.25, 0.3) is 0 Å². The maximum Gasteiger partial charge on any atom is 0.0946 e. The van der Waals surface area contributed by atoms with Crippen molar-refractivity contribution < 1.29 is 0 Å². The zero-order valence-electron chi connectivity index (χ0n) is 11.2. The molecule has 2 aliphatic rings. The molecule has 18 heavy (non-hydrogen) atoms. The van der Waals surface area contributed by atoms with Crippen molar-refractivity contribution in [2.75, 3.05) is 6.54 Å². The molecule has 2 saturated carbocycles. The van der Waals surface area contributed by atoms with Gasteiger partial charge in [0.1, 0.15) is 0 Å². The molecule has 1 aromatic rings. The molecule has 100 valence electrons. The lowest BCUT2D eigenvalue weighted by atomic mass is 9.69. The number of hydrogen-bond donors (Lipinski definition) is 1. The van der Waals surface area contributed by atoms with Crippen LogP contribution in [0.3, 0.4) is 0 Å². The van der Waals surface area contributed by atoms with Crippen LogP contribution in [0.5, 0.6) is 0 Å². The van der Waals surface area contributed by atoms with Crippen molar-refractivity contribution in [3.8, 4) is 0 Å². The van der Waals surface area contributed by atoms with Gasteiger partial charge in [-0.25, -0.2) is 4.98 Å². The molecule has 0 aromatic carbocycles. The molecule has 1 heterocycles. The molecule has 2 fully saturated rings. The largest absolute Gasteiger partial charge is 0.336 e. The van der Waals surface area contributed by atoms with Gasteiger partial charge in [0.15, 0.2) is 0 Å². The van der Waals surface area contributed by atoms with Crippen LogP contribution in [-0.4, -0.2) is 22.1 Å². The van der Waals surface area contributed by atoms with Crippen molar-refractivity contribution in [3.05, 3.63) is 18.7 Å². The second kappa shape index (κ2) is 5.87. The summed E-state index contributed by atoms with van der Waals surface area (Å²) in [7, 11) is 0. The fourth-order valence-corrected chi connectivity index (χ4v) is 3.88. The Bertz CT molecular complexity index is 347.